The average Bonchev–Trinajstić information content (AvgIpc) is 2.36. The van der Waals surface area contributed by atoms with Gasteiger partial charge in [0.2, 0.25) is 10.0 Å². The molecule has 21 heavy (non-hydrogen) atoms. The highest BCUT2D eigenvalue weighted by Crippen LogP contribution is 2.36. The number of piperidine rings is 1. The lowest BCUT2D eigenvalue weighted by Crippen LogP contribution is -2.39. The van der Waals surface area contributed by atoms with E-state index in [1.54, 1.807) is 4.90 Å². The molecule has 5 nitrogen and oxygen atoms in total. The second kappa shape index (κ2) is 5.38. The van der Waals surface area contributed by atoms with E-state index in [0.717, 1.165) is 0 Å². The number of alkyl halides is 3. The second-order valence-electron chi connectivity index (χ2n) is 5.07. The highest BCUT2D eigenvalue weighted by atomic mass is 32.2. The highest BCUT2D eigenvalue weighted by Gasteiger charge is 2.41. The molecule has 1 aliphatic heterocycles. The van der Waals surface area contributed by atoms with Crippen LogP contribution in [0.5, 0.6) is 0 Å². The Morgan fingerprint density at radius 3 is 2.19 bits per heavy atom. The Balaban J connectivity index is 2.13. The molecule has 0 radical (unpaired) electrons. The van der Waals surface area contributed by atoms with Crippen LogP contribution in [0.25, 0.3) is 0 Å². The number of nitrogens with two attached hydrogens (primary N) is 2. The number of halogens is 3. The van der Waals surface area contributed by atoms with Crippen LogP contribution in [0.15, 0.2) is 23.1 Å². The molecule has 1 saturated heterocycles. The number of hydrogen-bond donors (Lipinski definition) is 2. The van der Waals surface area contributed by atoms with Crippen molar-refractivity contribution in [3.63, 3.8) is 0 Å². The Morgan fingerprint density at radius 1 is 1.19 bits per heavy atom. The zero-order valence-corrected chi connectivity index (χ0v) is 11.9. The van der Waals surface area contributed by atoms with Gasteiger partial charge >= 0.3 is 6.18 Å². The summed E-state index contributed by atoms with van der Waals surface area (Å²) in [6, 6.07) is 4.20. The molecular formula is C12H16F3N3O2S. The molecule has 9 heteroatoms. The molecule has 0 aromatic heterocycles. The van der Waals surface area contributed by atoms with Crippen molar-refractivity contribution in [2.45, 2.75) is 23.9 Å². The topological polar surface area (TPSA) is 89.4 Å². The average molecular weight is 323 g/mol. The Bertz CT molecular complexity index is 623. The Kier molecular flexibility index (Phi) is 4.07. The van der Waals surface area contributed by atoms with E-state index in [1.807, 2.05) is 0 Å². The number of benzene rings is 1. The molecule has 1 aromatic rings. The van der Waals surface area contributed by atoms with Gasteiger partial charge in [-0.25, -0.2) is 13.6 Å². The van der Waals surface area contributed by atoms with Crippen molar-refractivity contribution in [2.24, 2.45) is 11.1 Å². The molecule has 0 saturated carbocycles. The summed E-state index contributed by atoms with van der Waals surface area (Å²) in [5, 5.41) is 5.01. The third-order valence-electron chi connectivity index (χ3n) is 3.62. The maximum atomic E-state index is 12.6. The number of sulfonamides is 1. The van der Waals surface area contributed by atoms with Gasteiger partial charge in [0.05, 0.1) is 11.6 Å². The van der Waals surface area contributed by atoms with Gasteiger partial charge in [-0.3, -0.25) is 0 Å². The van der Waals surface area contributed by atoms with Crippen LogP contribution in [0.3, 0.4) is 0 Å². The molecule has 0 spiro atoms. The van der Waals surface area contributed by atoms with Crippen molar-refractivity contribution in [1.29, 1.82) is 0 Å². The predicted molar refractivity (Wildman–Crippen MR) is 73.2 cm³/mol. The predicted octanol–water partition coefficient (Wildman–Crippen LogP) is 1.69. The standard InChI is InChI=1S/C12H16F3N3O2S/c13-12(14,15)8-3-5-18(6-4-8)9-1-2-11(10(16)7-9)21(17,19)20/h1-2,7-8H,3-6,16H2,(H2,17,19,20). The summed E-state index contributed by atoms with van der Waals surface area (Å²) in [5.41, 5.74) is 6.24. The van der Waals surface area contributed by atoms with Crippen molar-refractivity contribution < 1.29 is 21.6 Å². The van der Waals surface area contributed by atoms with Crippen LogP contribution in [-0.2, 0) is 10.0 Å². The monoisotopic (exact) mass is 323 g/mol. The number of anilines is 2. The molecule has 0 aliphatic carbocycles. The SMILES string of the molecule is Nc1cc(N2CCC(C(F)(F)F)CC2)ccc1S(N)(=O)=O. The van der Waals surface area contributed by atoms with E-state index in [1.165, 1.54) is 18.2 Å². The smallest absolute Gasteiger partial charge is 0.391 e. The molecule has 0 amide bonds. The van der Waals surface area contributed by atoms with Crippen LogP contribution in [0.2, 0.25) is 0 Å². The minimum absolute atomic E-state index is 0.00653. The maximum Gasteiger partial charge on any atom is 0.391 e. The van der Waals surface area contributed by atoms with Gasteiger partial charge in [0.15, 0.2) is 0 Å². The van der Waals surface area contributed by atoms with E-state index >= 15 is 0 Å². The van der Waals surface area contributed by atoms with E-state index in [2.05, 4.69) is 0 Å². The van der Waals surface area contributed by atoms with E-state index < -0.39 is 22.1 Å². The summed E-state index contributed by atoms with van der Waals surface area (Å²) >= 11 is 0. The summed E-state index contributed by atoms with van der Waals surface area (Å²) in [6.45, 7) is 0.497. The van der Waals surface area contributed by atoms with Crippen molar-refractivity contribution in [2.75, 3.05) is 23.7 Å². The van der Waals surface area contributed by atoms with Crippen LogP contribution in [0.4, 0.5) is 24.5 Å². The van der Waals surface area contributed by atoms with Gasteiger partial charge in [0.1, 0.15) is 4.90 Å². The lowest BCUT2D eigenvalue weighted by atomic mass is 9.96. The van der Waals surface area contributed by atoms with Gasteiger partial charge in [0, 0.05) is 18.8 Å². The first-order valence-corrected chi connectivity index (χ1v) is 7.87. The zero-order chi connectivity index (χ0) is 15.8. The third kappa shape index (κ3) is 3.59. The molecule has 1 fully saturated rings. The van der Waals surface area contributed by atoms with E-state index in [0.29, 0.717) is 5.69 Å². The van der Waals surface area contributed by atoms with Gasteiger partial charge in [-0.05, 0) is 31.0 Å². The van der Waals surface area contributed by atoms with Crippen LogP contribution < -0.4 is 15.8 Å². The fourth-order valence-corrected chi connectivity index (χ4v) is 3.10. The van der Waals surface area contributed by atoms with Crippen LogP contribution in [0, 0.1) is 5.92 Å². The minimum Gasteiger partial charge on any atom is -0.398 e. The van der Waals surface area contributed by atoms with Gasteiger partial charge in [0.25, 0.3) is 0 Å². The molecular weight excluding hydrogens is 307 g/mol. The number of primary sulfonamides is 1. The second-order valence-corrected chi connectivity index (χ2v) is 6.60. The number of rotatable bonds is 2. The quantitative estimate of drug-likeness (QED) is 0.811. The van der Waals surface area contributed by atoms with Crippen molar-refractivity contribution in [1.82, 2.24) is 0 Å². The third-order valence-corrected chi connectivity index (χ3v) is 4.61. The molecule has 118 valence electrons. The first kappa shape index (κ1) is 15.9. The lowest BCUT2D eigenvalue weighted by molar-refractivity contribution is -0.179. The van der Waals surface area contributed by atoms with Gasteiger partial charge in [-0.2, -0.15) is 13.2 Å². The summed E-state index contributed by atoms with van der Waals surface area (Å²) < 4.78 is 60.3. The number of hydrogen-bond acceptors (Lipinski definition) is 4. The van der Waals surface area contributed by atoms with Gasteiger partial charge in [-0.1, -0.05) is 0 Å². The van der Waals surface area contributed by atoms with E-state index in [-0.39, 0.29) is 36.5 Å². The van der Waals surface area contributed by atoms with Gasteiger partial charge < -0.3 is 10.6 Å². The summed E-state index contributed by atoms with van der Waals surface area (Å²) in [7, 11) is -3.90. The van der Waals surface area contributed by atoms with Crippen molar-refractivity contribution in [3.05, 3.63) is 18.2 Å². The Labute approximate surface area is 120 Å². The summed E-state index contributed by atoms with van der Waals surface area (Å²) in [5.74, 6) is -1.28. The Hall–Kier alpha value is -1.48. The minimum atomic E-state index is -4.16. The van der Waals surface area contributed by atoms with Gasteiger partial charge in [-0.15, -0.1) is 0 Å². The molecule has 0 unspecified atom stereocenters. The Morgan fingerprint density at radius 2 is 1.76 bits per heavy atom. The molecule has 4 N–H and O–H groups in total. The normalized spacial score (nSPS) is 18.0. The number of nitrogen functional groups attached to an aromatic ring is 1. The zero-order valence-electron chi connectivity index (χ0n) is 11.1. The number of nitrogens with zero attached hydrogens (tertiary/aromatic N) is 1. The fraction of sp³-hybridized carbons (Fsp3) is 0.500. The first-order chi connectivity index (χ1) is 9.59. The highest BCUT2D eigenvalue weighted by molar-refractivity contribution is 7.89. The van der Waals surface area contributed by atoms with Crippen molar-refractivity contribution >= 4 is 21.4 Å². The molecule has 1 heterocycles. The fourth-order valence-electron chi connectivity index (χ4n) is 2.46. The largest absolute Gasteiger partial charge is 0.398 e. The van der Waals surface area contributed by atoms with E-state index in [9.17, 15) is 21.6 Å². The van der Waals surface area contributed by atoms with Crippen LogP contribution in [0.1, 0.15) is 12.8 Å². The van der Waals surface area contributed by atoms with Crippen molar-refractivity contribution in [3.8, 4) is 0 Å². The summed E-state index contributed by atoms with van der Waals surface area (Å²) in [6.07, 6.45) is -4.14. The maximum absolute atomic E-state index is 12.6. The van der Waals surface area contributed by atoms with Crippen LogP contribution in [-0.4, -0.2) is 27.7 Å². The lowest BCUT2D eigenvalue weighted by Gasteiger charge is -2.34. The molecule has 2 rings (SSSR count). The molecule has 1 aromatic carbocycles. The molecule has 0 atom stereocenters. The van der Waals surface area contributed by atoms with Crippen LogP contribution >= 0.6 is 0 Å². The molecule has 0 bridgehead atoms. The van der Waals surface area contributed by atoms with E-state index in [4.69, 9.17) is 10.9 Å². The first-order valence-electron chi connectivity index (χ1n) is 6.33. The molecule has 1 aliphatic rings. The summed E-state index contributed by atoms with van der Waals surface area (Å²) in [4.78, 5) is 1.57.